The third-order valence-electron chi connectivity index (χ3n) is 3.90. The Hall–Kier alpha value is -2.03. The second-order valence-electron chi connectivity index (χ2n) is 6.39. The van der Waals surface area contributed by atoms with Gasteiger partial charge in [-0.05, 0) is 50.6 Å². The average molecular weight is 542 g/mol. The maximum Gasteiger partial charge on any atom is 0.312 e. The molecule has 14 heteroatoms. The summed E-state index contributed by atoms with van der Waals surface area (Å²) < 4.78 is 0.0230. The van der Waals surface area contributed by atoms with E-state index in [4.69, 9.17) is 10.9 Å². The van der Waals surface area contributed by atoms with Crippen LogP contribution in [0.25, 0.3) is 0 Å². The molecule has 0 aromatic carbocycles. The maximum absolute atomic E-state index is 12.7. The van der Waals surface area contributed by atoms with Crippen LogP contribution >= 0.6 is 31.9 Å². The molecule has 162 valence electrons. The predicted octanol–water partition coefficient (Wildman–Crippen LogP) is -0.675. The summed E-state index contributed by atoms with van der Waals surface area (Å²) in [6.07, 6.45) is 0.372. The molecule has 6 amide bonds. The summed E-state index contributed by atoms with van der Waals surface area (Å²) in [6.45, 7) is 3.52. The first-order valence-electron chi connectivity index (χ1n) is 8.49. The van der Waals surface area contributed by atoms with Gasteiger partial charge in [-0.3, -0.25) is 24.4 Å². The minimum atomic E-state index is -1.12. The van der Waals surface area contributed by atoms with Crippen LogP contribution in [0.2, 0.25) is 0 Å². The summed E-state index contributed by atoms with van der Waals surface area (Å²) in [4.78, 5) is 59.5. The third-order valence-corrected chi connectivity index (χ3v) is 5.91. The van der Waals surface area contributed by atoms with Gasteiger partial charge in [-0.2, -0.15) is 0 Å². The predicted molar refractivity (Wildman–Crippen MR) is 107 cm³/mol. The number of carbonyl (C=O) groups is 5. The number of hydrazine groups is 1. The fourth-order valence-corrected chi connectivity index (χ4v) is 3.06. The first-order chi connectivity index (χ1) is 13.5. The molecule has 0 saturated carbocycles. The minimum Gasteiger partial charge on any atom is -0.352 e. The quantitative estimate of drug-likeness (QED) is 0.0916. The molecule has 0 saturated heterocycles. The summed E-state index contributed by atoms with van der Waals surface area (Å²) in [5.41, 5.74) is 8.99. The SMILES string of the molecule is CC(C)[C@H](NN1C(=O)C(Br)=C(Br)C1=O)C(=O)N[C@@H](CCCNC(N)=O)C(=O)NO. The van der Waals surface area contributed by atoms with Crippen molar-refractivity contribution in [2.24, 2.45) is 11.7 Å². The number of urea groups is 1. The van der Waals surface area contributed by atoms with Crippen LogP contribution in [0.4, 0.5) is 4.79 Å². The number of nitrogens with two attached hydrogens (primary N) is 1. The first kappa shape index (κ1) is 25.0. The van der Waals surface area contributed by atoms with E-state index in [1.165, 1.54) is 5.48 Å². The Kier molecular flexibility index (Phi) is 9.68. The number of nitrogens with zero attached hydrogens (tertiary/aromatic N) is 1. The molecule has 0 bridgehead atoms. The lowest BCUT2D eigenvalue weighted by atomic mass is 10.0. The van der Waals surface area contributed by atoms with Gasteiger partial charge in [-0.1, -0.05) is 13.8 Å². The van der Waals surface area contributed by atoms with Gasteiger partial charge < -0.3 is 16.4 Å². The van der Waals surface area contributed by atoms with Crippen LogP contribution < -0.4 is 27.3 Å². The standard InChI is InChI=1S/C15H22Br2N6O6/c1-6(2)10(21-23-13(26)8(16)9(17)14(23)27)12(25)20-7(11(24)22-29)4-3-5-19-15(18)28/h6-7,10,21,29H,3-5H2,1-2H3,(H,20,25)(H,22,24)(H3,18,19,28)/t7-,10-/m0/s1. The molecule has 0 unspecified atom stereocenters. The Bertz CT molecular complexity index is 704. The fraction of sp³-hybridized carbons (Fsp3) is 0.533. The molecule has 0 fully saturated rings. The molecule has 12 nitrogen and oxygen atoms in total. The molecule has 7 N–H and O–H groups in total. The van der Waals surface area contributed by atoms with Crippen molar-refractivity contribution in [3.8, 4) is 0 Å². The highest BCUT2D eigenvalue weighted by molar-refractivity contribution is 9.14. The summed E-state index contributed by atoms with van der Waals surface area (Å²) in [7, 11) is 0. The zero-order valence-electron chi connectivity index (χ0n) is 15.6. The normalized spacial score (nSPS) is 16.1. The molecular formula is C15H22Br2N6O6. The van der Waals surface area contributed by atoms with Crippen LogP contribution in [0.3, 0.4) is 0 Å². The molecule has 2 atom stereocenters. The topological polar surface area (TPSA) is 183 Å². The second-order valence-corrected chi connectivity index (χ2v) is 7.98. The average Bonchev–Trinajstić information content (AvgIpc) is 2.84. The van der Waals surface area contributed by atoms with Gasteiger partial charge in [0.15, 0.2) is 0 Å². The zero-order valence-corrected chi connectivity index (χ0v) is 18.8. The van der Waals surface area contributed by atoms with Crippen molar-refractivity contribution >= 4 is 61.5 Å². The van der Waals surface area contributed by atoms with Crippen molar-refractivity contribution in [3.05, 3.63) is 8.96 Å². The van der Waals surface area contributed by atoms with Crippen molar-refractivity contribution in [2.75, 3.05) is 6.54 Å². The summed E-state index contributed by atoms with van der Waals surface area (Å²) in [5, 5.41) is 14.4. The van der Waals surface area contributed by atoms with E-state index in [-0.39, 0.29) is 34.3 Å². The molecule has 1 heterocycles. The van der Waals surface area contributed by atoms with E-state index in [0.29, 0.717) is 5.01 Å². The number of nitrogens with one attached hydrogen (secondary N) is 4. The lowest BCUT2D eigenvalue weighted by Crippen LogP contribution is -2.59. The Morgan fingerprint density at radius 3 is 2.10 bits per heavy atom. The number of hydrogen-bond donors (Lipinski definition) is 6. The van der Waals surface area contributed by atoms with Crippen LogP contribution in [0.15, 0.2) is 8.96 Å². The van der Waals surface area contributed by atoms with Crippen LogP contribution in [0, 0.1) is 5.92 Å². The van der Waals surface area contributed by atoms with Gasteiger partial charge >= 0.3 is 6.03 Å². The van der Waals surface area contributed by atoms with Gasteiger partial charge in [0.2, 0.25) is 5.91 Å². The van der Waals surface area contributed by atoms with Gasteiger partial charge in [-0.25, -0.2) is 20.7 Å². The molecular weight excluding hydrogens is 520 g/mol. The number of rotatable bonds is 10. The lowest BCUT2D eigenvalue weighted by molar-refractivity contribution is -0.144. The Balaban J connectivity index is 2.83. The zero-order chi connectivity index (χ0) is 22.3. The Labute approximate surface area is 183 Å². The largest absolute Gasteiger partial charge is 0.352 e. The third kappa shape index (κ3) is 6.76. The molecule has 29 heavy (non-hydrogen) atoms. The molecule has 0 aromatic heterocycles. The minimum absolute atomic E-state index is 0.0115. The molecule has 1 aliphatic rings. The fourth-order valence-electron chi connectivity index (χ4n) is 2.37. The number of hydroxylamine groups is 1. The maximum atomic E-state index is 12.7. The van der Waals surface area contributed by atoms with Gasteiger partial charge in [0.1, 0.15) is 21.0 Å². The van der Waals surface area contributed by atoms with Gasteiger partial charge in [0.05, 0.1) is 0 Å². The highest BCUT2D eigenvalue weighted by Gasteiger charge is 2.39. The number of carbonyl (C=O) groups excluding carboxylic acids is 5. The number of imide groups is 1. The number of hydrogen-bond acceptors (Lipinski definition) is 7. The van der Waals surface area contributed by atoms with Gasteiger partial charge in [0.25, 0.3) is 17.7 Å². The monoisotopic (exact) mass is 540 g/mol. The van der Waals surface area contributed by atoms with E-state index in [1.54, 1.807) is 13.8 Å². The smallest absolute Gasteiger partial charge is 0.312 e. The van der Waals surface area contributed by atoms with Gasteiger partial charge in [0, 0.05) is 6.54 Å². The van der Waals surface area contributed by atoms with Crippen LogP contribution in [0.5, 0.6) is 0 Å². The molecule has 1 aliphatic heterocycles. The van der Waals surface area contributed by atoms with Crippen molar-refractivity contribution in [1.29, 1.82) is 0 Å². The molecule has 0 aromatic rings. The van der Waals surface area contributed by atoms with Crippen molar-refractivity contribution in [2.45, 2.75) is 38.8 Å². The molecule has 0 aliphatic carbocycles. The van der Waals surface area contributed by atoms with Crippen molar-refractivity contribution in [3.63, 3.8) is 0 Å². The molecule has 1 rings (SSSR count). The van der Waals surface area contributed by atoms with E-state index < -0.39 is 41.7 Å². The van der Waals surface area contributed by atoms with Gasteiger partial charge in [-0.15, -0.1) is 0 Å². The highest BCUT2D eigenvalue weighted by atomic mass is 79.9. The van der Waals surface area contributed by atoms with E-state index in [9.17, 15) is 24.0 Å². The molecule has 0 radical (unpaired) electrons. The van der Waals surface area contributed by atoms with E-state index in [0.717, 1.165) is 0 Å². The Morgan fingerprint density at radius 1 is 1.10 bits per heavy atom. The van der Waals surface area contributed by atoms with Crippen LogP contribution in [0.1, 0.15) is 26.7 Å². The first-order valence-corrected chi connectivity index (χ1v) is 10.1. The number of amides is 6. The van der Waals surface area contributed by atoms with Crippen LogP contribution in [-0.4, -0.2) is 58.5 Å². The lowest BCUT2D eigenvalue weighted by Gasteiger charge is -2.28. The Morgan fingerprint density at radius 2 is 1.66 bits per heavy atom. The summed E-state index contributed by atoms with van der Waals surface area (Å²) in [6, 6.07) is -2.89. The van der Waals surface area contributed by atoms with Crippen molar-refractivity contribution < 1.29 is 29.2 Å². The van der Waals surface area contributed by atoms with E-state index in [2.05, 4.69) is 47.9 Å². The summed E-state index contributed by atoms with van der Waals surface area (Å²) >= 11 is 5.98. The van der Waals surface area contributed by atoms with Crippen molar-refractivity contribution in [1.82, 2.24) is 26.5 Å². The number of halogens is 2. The number of primary amides is 1. The van der Waals surface area contributed by atoms with E-state index in [1.807, 2.05) is 0 Å². The van der Waals surface area contributed by atoms with Crippen LogP contribution in [-0.2, 0) is 19.2 Å². The highest BCUT2D eigenvalue weighted by Crippen LogP contribution is 2.28. The summed E-state index contributed by atoms with van der Waals surface area (Å²) in [5.74, 6) is -3.26. The molecule has 0 spiro atoms. The van der Waals surface area contributed by atoms with E-state index >= 15 is 0 Å². The second kappa shape index (κ2) is 11.2.